The quantitative estimate of drug-likeness (QED) is 0.836. The van der Waals surface area contributed by atoms with Gasteiger partial charge < -0.3 is 14.9 Å². The number of hydrogen-bond donors (Lipinski definition) is 2. The Hall–Kier alpha value is -2.30. The molecule has 0 heterocycles. The number of phenolic OH excluding ortho intramolecular Hbond substituents is 1. The highest BCUT2D eigenvalue weighted by atomic mass is 16.5. The molecule has 2 rings (SSSR count). The van der Waals surface area contributed by atoms with E-state index < -0.39 is 0 Å². The van der Waals surface area contributed by atoms with Gasteiger partial charge in [-0.25, -0.2) is 0 Å². The molecule has 0 aromatic heterocycles. The largest absolute Gasteiger partial charge is 0.508 e. The first-order valence-electron chi connectivity index (χ1n) is 8.02. The van der Waals surface area contributed by atoms with Crippen molar-refractivity contribution in [2.24, 2.45) is 0 Å². The van der Waals surface area contributed by atoms with E-state index in [4.69, 9.17) is 34.1 Å². The van der Waals surface area contributed by atoms with Gasteiger partial charge in [-0.2, -0.15) is 19.2 Å². The molecule has 0 bridgehead atoms. The maximum atomic E-state index is 8.91. The SMILES string of the molecule is CCOCC.O=C=O.O=C=O.OC1CCCCC1.Oc1ccccc1. The predicted molar refractivity (Wildman–Crippen MR) is 89.4 cm³/mol. The first-order valence-corrected chi connectivity index (χ1v) is 8.02. The fourth-order valence-corrected chi connectivity index (χ4v) is 1.71. The van der Waals surface area contributed by atoms with E-state index in [1.54, 1.807) is 24.3 Å². The minimum absolute atomic E-state index is 0.0359. The van der Waals surface area contributed by atoms with Crippen molar-refractivity contribution in [2.45, 2.75) is 52.1 Å². The van der Waals surface area contributed by atoms with Crippen LogP contribution in [0.2, 0.25) is 0 Å². The summed E-state index contributed by atoms with van der Waals surface area (Å²) in [5.41, 5.74) is 0. The summed E-state index contributed by atoms with van der Waals surface area (Å²) >= 11 is 0. The summed E-state index contributed by atoms with van der Waals surface area (Å²) in [5, 5.41) is 17.5. The van der Waals surface area contributed by atoms with E-state index in [2.05, 4.69) is 0 Å². The van der Waals surface area contributed by atoms with Gasteiger partial charge in [-0.1, -0.05) is 37.5 Å². The lowest BCUT2D eigenvalue weighted by molar-refractivity contribution is -0.193. The van der Waals surface area contributed by atoms with E-state index in [-0.39, 0.29) is 18.4 Å². The van der Waals surface area contributed by atoms with E-state index in [0.29, 0.717) is 5.75 Å². The monoisotopic (exact) mass is 356 g/mol. The normalized spacial score (nSPS) is 11.8. The van der Waals surface area contributed by atoms with E-state index in [1.165, 1.54) is 19.3 Å². The molecule has 2 N–H and O–H groups in total. The number of aliphatic hydroxyl groups excluding tert-OH is 1. The van der Waals surface area contributed by atoms with E-state index in [0.717, 1.165) is 26.1 Å². The fourth-order valence-electron chi connectivity index (χ4n) is 1.71. The molecule has 0 spiro atoms. The highest BCUT2D eigenvalue weighted by Crippen LogP contribution is 2.16. The third-order valence-electron chi connectivity index (χ3n) is 2.74. The van der Waals surface area contributed by atoms with E-state index in [1.807, 2.05) is 19.9 Å². The maximum absolute atomic E-state index is 8.91. The number of phenols is 1. The predicted octanol–water partition coefficient (Wildman–Crippen LogP) is 2.58. The van der Waals surface area contributed by atoms with Crippen LogP contribution in [0.3, 0.4) is 0 Å². The van der Waals surface area contributed by atoms with Crippen LogP contribution in [0, 0.1) is 0 Å². The summed E-state index contributed by atoms with van der Waals surface area (Å²) in [6.45, 7) is 5.67. The summed E-state index contributed by atoms with van der Waals surface area (Å²) in [5.74, 6) is 0.322. The number of para-hydroxylation sites is 1. The van der Waals surface area contributed by atoms with Crippen molar-refractivity contribution in [3.05, 3.63) is 30.3 Å². The molecule has 0 amide bonds. The molecule has 0 radical (unpaired) electrons. The van der Waals surface area contributed by atoms with Crippen molar-refractivity contribution < 1.29 is 34.1 Å². The van der Waals surface area contributed by atoms with Crippen LogP contribution >= 0.6 is 0 Å². The highest BCUT2D eigenvalue weighted by molar-refractivity contribution is 5.20. The second-order valence-electron chi connectivity index (χ2n) is 4.58. The molecule has 1 fully saturated rings. The second-order valence-corrected chi connectivity index (χ2v) is 4.58. The number of aromatic hydroxyl groups is 1. The van der Waals surface area contributed by atoms with Gasteiger partial charge in [0.25, 0.3) is 0 Å². The molecule has 0 saturated heterocycles. The van der Waals surface area contributed by atoms with Gasteiger partial charge in [0.2, 0.25) is 0 Å². The van der Waals surface area contributed by atoms with Crippen molar-refractivity contribution in [1.29, 1.82) is 0 Å². The van der Waals surface area contributed by atoms with Gasteiger partial charge in [0.15, 0.2) is 0 Å². The van der Waals surface area contributed by atoms with Gasteiger partial charge in [0.1, 0.15) is 5.75 Å². The Morgan fingerprint density at radius 2 is 1.32 bits per heavy atom. The third kappa shape index (κ3) is 34.2. The van der Waals surface area contributed by atoms with Crippen LogP contribution in [0.1, 0.15) is 46.0 Å². The van der Waals surface area contributed by atoms with Crippen LogP contribution in [0.25, 0.3) is 0 Å². The Balaban J connectivity index is -0.000000255. The lowest BCUT2D eigenvalue weighted by atomic mass is 9.98. The number of carbonyl (C=O) groups excluding carboxylic acids is 4. The summed E-state index contributed by atoms with van der Waals surface area (Å²) in [6, 6.07) is 8.71. The number of benzene rings is 1. The van der Waals surface area contributed by atoms with Crippen LogP contribution in [0.4, 0.5) is 0 Å². The molecule has 1 aliphatic rings. The van der Waals surface area contributed by atoms with Crippen molar-refractivity contribution in [2.75, 3.05) is 13.2 Å². The fraction of sp³-hybridized carbons (Fsp3) is 0.556. The summed E-state index contributed by atoms with van der Waals surface area (Å²) < 4.78 is 4.83. The molecule has 1 aliphatic carbocycles. The minimum atomic E-state index is 0.0359. The molecule has 0 unspecified atom stereocenters. The molecule has 1 aromatic carbocycles. The van der Waals surface area contributed by atoms with Gasteiger partial charge in [0.05, 0.1) is 6.10 Å². The number of aliphatic hydroxyl groups is 1. The van der Waals surface area contributed by atoms with Crippen molar-refractivity contribution in [3.8, 4) is 5.75 Å². The van der Waals surface area contributed by atoms with E-state index >= 15 is 0 Å². The Kier molecular flexibility index (Phi) is 29.3. The molecule has 25 heavy (non-hydrogen) atoms. The third-order valence-corrected chi connectivity index (χ3v) is 2.74. The maximum Gasteiger partial charge on any atom is 0.373 e. The molecule has 0 atom stereocenters. The van der Waals surface area contributed by atoms with Gasteiger partial charge >= 0.3 is 12.3 Å². The highest BCUT2D eigenvalue weighted by Gasteiger charge is 2.07. The second kappa shape index (κ2) is 26.6. The zero-order chi connectivity index (χ0) is 19.8. The first kappa shape index (κ1) is 27.5. The van der Waals surface area contributed by atoms with Crippen LogP contribution in [0.5, 0.6) is 5.75 Å². The van der Waals surface area contributed by atoms with Gasteiger partial charge in [-0.05, 0) is 38.8 Å². The topological polar surface area (TPSA) is 118 Å². The van der Waals surface area contributed by atoms with Crippen LogP contribution in [0.15, 0.2) is 30.3 Å². The molecular formula is C18H28O7. The molecule has 0 aliphatic heterocycles. The summed E-state index contributed by atoms with van der Waals surface area (Å²) in [6.07, 6.45) is 6.42. The summed E-state index contributed by atoms with van der Waals surface area (Å²) in [7, 11) is 0. The molecular weight excluding hydrogens is 328 g/mol. The van der Waals surface area contributed by atoms with Gasteiger partial charge in [-0.3, -0.25) is 0 Å². The molecule has 1 aromatic rings. The Bertz CT molecular complexity index is 402. The summed E-state index contributed by atoms with van der Waals surface area (Å²) in [4.78, 5) is 32.5. The molecule has 7 heteroatoms. The molecule has 1 saturated carbocycles. The Morgan fingerprint density at radius 3 is 1.48 bits per heavy atom. The molecule has 7 nitrogen and oxygen atoms in total. The zero-order valence-electron chi connectivity index (χ0n) is 14.8. The van der Waals surface area contributed by atoms with Crippen LogP contribution in [-0.4, -0.2) is 41.8 Å². The van der Waals surface area contributed by atoms with Crippen LogP contribution < -0.4 is 0 Å². The number of rotatable bonds is 2. The van der Waals surface area contributed by atoms with E-state index in [9.17, 15) is 0 Å². The molecule has 142 valence electrons. The van der Waals surface area contributed by atoms with Gasteiger partial charge in [0, 0.05) is 13.2 Å². The minimum Gasteiger partial charge on any atom is -0.508 e. The average molecular weight is 356 g/mol. The standard InChI is InChI=1S/C6H12O.C6H6O.C4H10O.2CO2/c2*7-6-4-2-1-3-5-6;1-3-5-4-2;2*2-1-3/h6-7H,1-5H2;1-5,7H;3-4H2,1-2H3;;. The Labute approximate surface area is 148 Å². The number of ether oxygens (including phenoxy) is 1. The number of hydrogen-bond acceptors (Lipinski definition) is 7. The zero-order valence-corrected chi connectivity index (χ0v) is 14.8. The van der Waals surface area contributed by atoms with Crippen molar-refractivity contribution >= 4 is 12.3 Å². The Morgan fingerprint density at radius 1 is 0.920 bits per heavy atom. The lowest BCUT2D eigenvalue weighted by Gasteiger charge is -2.14. The van der Waals surface area contributed by atoms with Crippen molar-refractivity contribution in [1.82, 2.24) is 0 Å². The first-order chi connectivity index (χ1) is 12.0. The van der Waals surface area contributed by atoms with Crippen molar-refractivity contribution in [3.63, 3.8) is 0 Å². The lowest BCUT2D eigenvalue weighted by Crippen LogP contribution is -2.09. The smallest absolute Gasteiger partial charge is 0.373 e. The van der Waals surface area contributed by atoms with Crippen LogP contribution in [-0.2, 0) is 23.9 Å². The van der Waals surface area contributed by atoms with Gasteiger partial charge in [-0.15, -0.1) is 0 Å². The average Bonchev–Trinajstić information content (AvgIpc) is 2.60.